The lowest BCUT2D eigenvalue weighted by Crippen LogP contribution is -2.65. The van der Waals surface area contributed by atoms with E-state index in [2.05, 4.69) is 5.32 Å². The summed E-state index contributed by atoms with van der Waals surface area (Å²) in [5, 5.41) is 32.9. The van der Waals surface area contributed by atoms with E-state index in [0.29, 0.717) is 11.5 Å². The molecule has 1 heterocycles. The van der Waals surface area contributed by atoms with Crippen molar-refractivity contribution < 1.29 is 48.6 Å². The molecule has 200 valence electrons. The molecule has 1 aliphatic rings. The summed E-state index contributed by atoms with van der Waals surface area (Å²) in [4.78, 5) is 25.1. The van der Waals surface area contributed by atoms with Gasteiger partial charge in [-0.25, -0.2) is 0 Å². The van der Waals surface area contributed by atoms with Crippen molar-refractivity contribution in [2.24, 2.45) is 0 Å². The van der Waals surface area contributed by atoms with Crippen molar-refractivity contribution in [2.45, 2.75) is 37.6 Å². The summed E-state index contributed by atoms with van der Waals surface area (Å²) in [6, 6.07) is 8.78. The smallest absolute Gasteiger partial charge is 0.223 e. The van der Waals surface area contributed by atoms with E-state index in [1.165, 1.54) is 39.4 Å². The molecule has 2 aromatic rings. The fourth-order valence-corrected chi connectivity index (χ4v) is 3.85. The lowest BCUT2D eigenvalue weighted by molar-refractivity contribution is -0.244. The fourth-order valence-electron chi connectivity index (χ4n) is 3.85. The molecule has 0 radical (unpaired) electrons. The number of hydrogen-bond donors (Lipinski definition) is 4. The van der Waals surface area contributed by atoms with Crippen LogP contribution in [0.25, 0.3) is 6.08 Å². The van der Waals surface area contributed by atoms with Crippen LogP contribution < -0.4 is 24.3 Å². The molecule has 0 unspecified atom stereocenters. The van der Waals surface area contributed by atoms with E-state index in [1.54, 1.807) is 37.5 Å². The molecular formula is C26H31NO10. The van der Waals surface area contributed by atoms with Gasteiger partial charge in [-0.2, -0.15) is 0 Å². The molecule has 0 saturated carbocycles. The van der Waals surface area contributed by atoms with Crippen molar-refractivity contribution in [3.8, 4) is 23.0 Å². The zero-order valence-electron chi connectivity index (χ0n) is 20.9. The van der Waals surface area contributed by atoms with Gasteiger partial charge >= 0.3 is 0 Å². The second kappa shape index (κ2) is 12.5. The number of carbonyl (C=O) groups is 2. The molecule has 0 bridgehead atoms. The number of carbonyl (C=O) groups excluding carboxylic acids is 2. The third-order valence-electron chi connectivity index (χ3n) is 5.78. The Morgan fingerprint density at radius 3 is 2.19 bits per heavy atom. The van der Waals surface area contributed by atoms with Crippen LogP contribution in [0.2, 0.25) is 0 Å². The van der Waals surface area contributed by atoms with Gasteiger partial charge in [0.1, 0.15) is 52.9 Å². The average Bonchev–Trinajstić information content (AvgIpc) is 2.90. The predicted octanol–water partition coefficient (Wildman–Crippen LogP) is 0.931. The van der Waals surface area contributed by atoms with Crippen LogP contribution in [0.5, 0.6) is 23.0 Å². The minimum absolute atomic E-state index is 0.0267. The zero-order chi connectivity index (χ0) is 27.1. The predicted molar refractivity (Wildman–Crippen MR) is 132 cm³/mol. The highest BCUT2D eigenvalue weighted by molar-refractivity contribution is 6.10. The molecule has 11 nitrogen and oxygen atoms in total. The summed E-state index contributed by atoms with van der Waals surface area (Å²) >= 11 is 0. The van der Waals surface area contributed by atoms with Gasteiger partial charge in [-0.05, 0) is 23.8 Å². The highest BCUT2D eigenvalue weighted by atomic mass is 16.7. The lowest BCUT2D eigenvalue weighted by Gasteiger charge is -2.42. The highest BCUT2D eigenvalue weighted by Crippen LogP contribution is 2.37. The molecule has 3 rings (SSSR count). The van der Waals surface area contributed by atoms with Gasteiger partial charge in [-0.3, -0.25) is 9.59 Å². The standard InChI is InChI=1S/C26H31NO10/c1-14(29)27-23-25(32)24(31)21(13-28)37-26(23)36-20-12-17(34-3)11-19(35-4)22(20)18(30)10-7-15-5-8-16(33-2)9-6-15/h5-12,21,23-26,28,31-32H,13H2,1-4H3,(H,27,29)/b10-7+/t21-,23-,24-,25-,26-/m1/s1. The number of amides is 1. The van der Waals surface area contributed by atoms with Crippen molar-refractivity contribution in [1.82, 2.24) is 5.32 Å². The van der Waals surface area contributed by atoms with Gasteiger partial charge in [-0.15, -0.1) is 0 Å². The first-order chi connectivity index (χ1) is 17.7. The molecule has 37 heavy (non-hydrogen) atoms. The summed E-state index contributed by atoms with van der Waals surface area (Å²) in [7, 11) is 4.35. The van der Waals surface area contributed by atoms with Gasteiger partial charge < -0.3 is 44.3 Å². The summed E-state index contributed by atoms with van der Waals surface area (Å²) < 4.78 is 27.5. The van der Waals surface area contributed by atoms with Crippen LogP contribution in [-0.2, 0) is 9.53 Å². The van der Waals surface area contributed by atoms with E-state index in [1.807, 2.05) is 0 Å². The van der Waals surface area contributed by atoms with Crippen LogP contribution in [0.15, 0.2) is 42.5 Å². The first-order valence-corrected chi connectivity index (χ1v) is 11.4. The Balaban J connectivity index is 2.00. The molecule has 4 N–H and O–H groups in total. The zero-order valence-corrected chi connectivity index (χ0v) is 20.9. The van der Waals surface area contributed by atoms with Crippen molar-refractivity contribution in [2.75, 3.05) is 27.9 Å². The Kier molecular flexibility index (Phi) is 9.48. The third-order valence-corrected chi connectivity index (χ3v) is 5.78. The summed E-state index contributed by atoms with van der Waals surface area (Å²) in [6.45, 7) is 0.602. The molecule has 0 aromatic heterocycles. The number of ketones is 1. The maximum Gasteiger partial charge on any atom is 0.223 e. The van der Waals surface area contributed by atoms with Crippen LogP contribution in [0.4, 0.5) is 0 Å². The first-order valence-electron chi connectivity index (χ1n) is 11.4. The summed E-state index contributed by atoms with van der Waals surface area (Å²) in [6.07, 6.45) is -2.66. The SMILES string of the molecule is COc1ccc(/C=C/C(=O)c2c(OC)cc(OC)cc2O[C@@H]2O[C@H](CO)[C@@H](O)[C@H](O)[C@H]2NC(C)=O)cc1. The Morgan fingerprint density at radius 2 is 1.62 bits per heavy atom. The van der Waals surface area contributed by atoms with Crippen LogP contribution >= 0.6 is 0 Å². The van der Waals surface area contributed by atoms with Crippen molar-refractivity contribution >= 4 is 17.8 Å². The van der Waals surface area contributed by atoms with Gasteiger partial charge in [0, 0.05) is 19.1 Å². The fraction of sp³-hybridized carbons (Fsp3) is 0.385. The normalized spacial score (nSPS) is 23.4. The van der Waals surface area contributed by atoms with Gasteiger partial charge in [0.05, 0.1) is 27.9 Å². The molecule has 2 aromatic carbocycles. The van der Waals surface area contributed by atoms with Crippen molar-refractivity contribution in [3.63, 3.8) is 0 Å². The maximum absolute atomic E-state index is 13.3. The molecule has 1 fully saturated rings. The van der Waals surface area contributed by atoms with Gasteiger partial charge in [-0.1, -0.05) is 18.2 Å². The topological polar surface area (TPSA) is 153 Å². The largest absolute Gasteiger partial charge is 0.497 e. The van der Waals surface area contributed by atoms with Gasteiger partial charge in [0.25, 0.3) is 0 Å². The molecule has 1 aliphatic heterocycles. The Bertz CT molecular complexity index is 1120. The van der Waals surface area contributed by atoms with Gasteiger partial charge in [0.15, 0.2) is 5.78 Å². The minimum atomic E-state index is -1.53. The second-order valence-electron chi connectivity index (χ2n) is 8.22. The van der Waals surface area contributed by atoms with Gasteiger partial charge in [0.2, 0.25) is 12.2 Å². The van der Waals surface area contributed by atoms with E-state index < -0.39 is 48.9 Å². The molecule has 5 atom stereocenters. The number of aliphatic hydroxyl groups excluding tert-OH is 3. The Hall–Kier alpha value is -3.64. The summed E-state index contributed by atoms with van der Waals surface area (Å²) in [5.74, 6) is 0.0971. The van der Waals surface area contributed by atoms with Crippen LogP contribution in [0.1, 0.15) is 22.8 Å². The number of ether oxygens (including phenoxy) is 5. The quantitative estimate of drug-likeness (QED) is 0.264. The molecule has 11 heteroatoms. The number of aliphatic hydroxyl groups is 3. The Morgan fingerprint density at radius 1 is 0.973 bits per heavy atom. The van der Waals surface area contributed by atoms with Crippen molar-refractivity contribution in [3.05, 3.63) is 53.6 Å². The first kappa shape index (κ1) is 27.9. The molecule has 0 spiro atoms. The number of benzene rings is 2. The van der Waals surface area contributed by atoms with E-state index in [9.17, 15) is 24.9 Å². The van der Waals surface area contributed by atoms with Crippen LogP contribution in [0, 0.1) is 0 Å². The maximum atomic E-state index is 13.3. The molecule has 0 aliphatic carbocycles. The molecule has 1 amide bonds. The van der Waals surface area contributed by atoms with Crippen molar-refractivity contribution in [1.29, 1.82) is 0 Å². The van der Waals surface area contributed by atoms with E-state index in [0.717, 1.165) is 5.56 Å². The Labute approximate surface area is 214 Å². The van der Waals surface area contributed by atoms with E-state index >= 15 is 0 Å². The number of allylic oxidation sites excluding steroid dienone is 1. The van der Waals surface area contributed by atoms with E-state index in [4.69, 9.17) is 23.7 Å². The second-order valence-corrected chi connectivity index (χ2v) is 8.22. The minimum Gasteiger partial charge on any atom is -0.497 e. The highest BCUT2D eigenvalue weighted by Gasteiger charge is 2.46. The lowest BCUT2D eigenvalue weighted by atomic mass is 9.97. The van der Waals surface area contributed by atoms with E-state index in [-0.39, 0.29) is 17.1 Å². The molecular weight excluding hydrogens is 486 g/mol. The van der Waals surface area contributed by atoms with Crippen LogP contribution in [-0.4, -0.2) is 85.6 Å². The monoisotopic (exact) mass is 517 g/mol. The summed E-state index contributed by atoms with van der Waals surface area (Å²) in [5.41, 5.74) is 0.771. The average molecular weight is 518 g/mol. The number of methoxy groups -OCH3 is 3. The number of rotatable bonds is 10. The number of hydrogen-bond acceptors (Lipinski definition) is 10. The van der Waals surface area contributed by atoms with Crippen LogP contribution in [0.3, 0.4) is 0 Å². The third kappa shape index (κ3) is 6.57. The molecule has 1 saturated heterocycles. The number of nitrogens with one attached hydrogen (secondary N) is 1.